The zero-order valence-corrected chi connectivity index (χ0v) is 16.9. The molecule has 10 heteroatoms. The third-order valence-electron chi connectivity index (χ3n) is 3.67. The summed E-state index contributed by atoms with van der Waals surface area (Å²) < 4.78 is 61.8. The first-order chi connectivity index (χ1) is 14.3. The van der Waals surface area contributed by atoms with E-state index >= 15 is 0 Å². The molecule has 1 unspecified atom stereocenters. The lowest BCUT2D eigenvalue weighted by atomic mass is 10.3. The molecule has 1 N–H and O–H groups in total. The van der Waals surface area contributed by atoms with Crippen LogP contribution in [-0.4, -0.2) is 38.5 Å². The average Bonchev–Trinajstić information content (AvgIpc) is 2.99. The Morgan fingerprint density at radius 1 is 1.31 bits per heavy atom. The lowest BCUT2D eigenvalue weighted by molar-refractivity contribution is -0.0497. The molecule has 0 aliphatic rings. The van der Waals surface area contributed by atoms with E-state index in [1.807, 2.05) is 20.8 Å². The quantitative estimate of drug-likeness (QED) is 0.317. The highest BCUT2D eigenvalue weighted by molar-refractivity contribution is 7.84. The van der Waals surface area contributed by atoms with Crippen molar-refractivity contribution in [2.45, 2.75) is 44.4 Å². The number of aromatic nitrogens is 3. The second-order valence-corrected chi connectivity index (χ2v) is 7.55. The van der Waals surface area contributed by atoms with E-state index in [0.717, 1.165) is 4.98 Å². The summed E-state index contributed by atoms with van der Waals surface area (Å²) in [7, 11) is -1.75. The molecule has 1 atom stereocenters. The van der Waals surface area contributed by atoms with Crippen LogP contribution >= 0.6 is 0 Å². The first-order valence-electron chi connectivity index (χ1n) is 9.37. The van der Waals surface area contributed by atoms with Crippen molar-refractivity contribution in [2.75, 3.05) is 6.61 Å². The van der Waals surface area contributed by atoms with Crippen LogP contribution in [0.2, 0.25) is 1.41 Å². The number of H-pyrrole nitrogens is 1. The molecule has 3 rings (SSSR count). The normalized spacial score (nSPS) is 13.0. The highest BCUT2D eigenvalue weighted by Gasteiger charge is 2.19. The van der Waals surface area contributed by atoms with Gasteiger partial charge in [-0.3, -0.25) is 9.19 Å². The van der Waals surface area contributed by atoms with Crippen molar-refractivity contribution in [1.82, 2.24) is 14.9 Å². The second kappa shape index (κ2) is 9.17. The smallest absolute Gasteiger partial charge is 0.387 e. The Morgan fingerprint density at radius 2 is 2.10 bits per heavy atom. The number of nitrogens with one attached hydrogen (secondary N) is 1. The van der Waals surface area contributed by atoms with Gasteiger partial charge in [-0.1, -0.05) is 0 Å². The molecule has 0 aliphatic carbocycles. The number of hydrogen-bond acceptors (Lipinski definition) is 6. The van der Waals surface area contributed by atoms with E-state index in [1.54, 1.807) is 6.07 Å². The number of nitrogens with zero attached hydrogens (tertiary/aromatic N) is 2. The van der Waals surface area contributed by atoms with E-state index in [9.17, 15) is 13.0 Å². The number of ether oxygens (including phenoxy) is 3. The molecule has 2 aromatic heterocycles. The van der Waals surface area contributed by atoms with Gasteiger partial charge in [0.25, 0.3) is 0 Å². The van der Waals surface area contributed by atoms with Crippen LogP contribution < -0.4 is 14.2 Å². The number of fused-ring (bicyclic) bond motifs is 1. The summed E-state index contributed by atoms with van der Waals surface area (Å²) in [6.45, 7) is 2.96. The monoisotopic (exact) mass is 497 g/mol. The van der Waals surface area contributed by atoms with E-state index in [1.165, 1.54) is 24.4 Å². The number of rotatable bonds is 9. The summed E-state index contributed by atoms with van der Waals surface area (Å²) in [4.78, 5) is 9.34. The molecular formula is C19H91F2N3O4S. The zero-order chi connectivity index (χ0) is 21.8. The van der Waals surface area contributed by atoms with Gasteiger partial charge in [0.1, 0.15) is 5.75 Å². The molecule has 0 fully saturated rings. The number of halogens is 2. The van der Waals surface area contributed by atoms with E-state index in [4.69, 9.17) is 10.9 Å². The SMILES string of the molecule is [2H]n1c(S(=O)Cc2nccc(OC(C)C)c2OCC)nc2cc(OC(F)F)ccc21.[HH].[HH].[HH].[HH].[HH].[HH].[HH].[HH].[HH].[HH].[HH].[HH].[HH].[HH].[HH].[HH].[HH].[HH].[HH].[HH].[HH].[HH].[HH].[HH].[HH].[HH].[HH].[HH].[HH].[HH].[HH].[HH].[HH].[HH].[HH]. The Labute approximate surface area is 222 Å². The van der Waals surface area contributed by atoms with Crippen molar-refractivity contribution in [3.63, 3.8) is 0 Å². The number of aromatic amines is 1. The molecule has 0 bridgehead atoms. The van der Waals surface area contributed by atoms with Crippen LogP contribution in [0, 0.1) is 0 Å². The van der Waals surface area contributed by atoms with Crippen molar-refractivity contribution in [2.24, 2.45) is 0 Å². The minimum atomic E-state index is -2.97. The minimum Gasteiger partial charge on any atom is -0.488 e. The van der Waals surface area contributed by atoms with Gasteiger partial charge in [-0.2, -0.15) is 8.78 Å². The fourth-order valence-electron chi connectivity index (χ4n) is 2.60. The van der Waals surface area contributed by atoms with Crippen LogP contribution in [0.15, 0.2) is 35.6 Å². The molecule has 29 heavy (non-hydrogen) atoms. The molecule has 0 saturated heterocycles. The van der Waals surface area contributed by atoms with Gasteiger partial charge in [0.15, 0.2) is 18.1 Å². The first-order valence-corrected chi connectivity index (χ1v) is 10.2. The second-order valence-electron chi connectivity index (χ2n) is 6.21. The zero-order valence-electron chi connectivity index (χ0n) is 17.1. The number of pyridine rings is 1. The van der Waals surface area contributed by atoms with Crippen molar-refractivity contribution in [3.05, 3.63) is 36.2 Å². The van der Waals surface area contributed by atoms with Crippen molar-refractivity contribution < 1.29 is 78.5 Å². The number of imidazole rings is 1. The van der Waals surface area contributed by atoms with Crippen molar-refractivity contribution in [1.29, 1.82) is 0 Å². The first kappa shape index (κ1) is 19.6. The van der Waals surface area contributed by atoms with Crippen LogP contribution in [0.25, 0.3) is 11.0 Å². The van der Waals surface area contributed by atoms with Gasteiger partial charge >= 0.3 is 6.61 Å². The summed E-state index contributed by atoms with van der Waals surface area (Å²) in [5.74, 6) is 0.726. The van der Waals surface area contributed by atoms with Crippen molar-refractivity contribution in [3.8, 4) is 17.2 Å². The van der Waals surface area contributed by atoms with Gasteiger partial charge in [-0.25, -0.2) is 4.98 Å². The molecule has 0 saturated carbocycles. The third-order valence-corrected chi connectivity index (χ3v) is 4.79. The molecule has 0 amide bonds. The van der Waals surface area contributed by atoms with Gasteiger partial charge in [0.2, 0.25) is 0 Å². The topological polar surface area (TPSA) is 86.3 Å². The maximum absolute atomic E-state index is 13.0. The fourth-order valence-corrected chi connectivity index (χ4v) is 3.59. The summed E-state index contributed by atoms with van der Waals surface area (Å²) in [6, 6.07) is 5.65. The predicted octanol–water partition coefficient (Wildman–Crippen LogP) is 12.7. The number of hydrogen-bond donors (Lipinski definition) is 1. The molecule has 0 radical (unpaired) electrons. The highest BCUT2D eigenvalue weighted by Crippen LogP contribution is 2.32. The van der Waals surface area contributed by atoms with Crippen LogP contribution in [0.5, 0.6) is 17.2 Å². The van der Waals surface area contributed by atoms with Gasteiger partial charge in [-0.05, 0) is 32.9 Å². The summed E-state index contributed by atoms with van der Waals surface area (Å²) in [5.41, 5.74) is 0.943. The highest BCUT2D eigenvalue weighted by atomic mass is 32.2. The van der Waals surface area contributed by atoms with Gasteiger partial charge in [0.05, 0.1) is 46.0 Å². The van der Waals surface area contributed by atoms with Gasteiger partial charge in [-0.15, -0.1) is 0 Å². The standard InChI is InChI=1S/C19H21F2N3O4S.35H2/c1-4-26-17-15(22-8-7-16(17)27-11(2)3)10-29(25)19-23-13-6-5-12(28-18(20)21)9-14(13)24-19;;;;;;;;;;;;;;;;;;;;;;;;;;;;;;;;;;;/h5-9,11,18H,4,10H2,1-3H3,(H,23,24);35*1H/i/hD. The third kappa shape index (κ3) is 5.20. The molecule has 7 nitrogen and oxygen atoms in total. The summed E-state index contributed by atoms with van der Waals surface area (Å²) in [6.07, 6.45) is 1.44. The molecule has 0 spiro atoms. The van der Waals surface area contributed by atoms with E-state index in [0.29, 0.717) is 29.3 Å². The molecule has 1 aromatic carbocycles. The maximum atomic E-state index is 13.0. The van der Waals surface area contributed by atoms with E-state index in [-0.39, 0.29) is 78.2 Å². The van der Waals surface area contributed by atoms with Crippen LogP contribution in [0.4, 0.5) is 8.78 Å². The average molecular weight is 497 g/mol. The largest absolute Gasteiger partial charge is 0.488 e. The number of benzene rings is 1. The minimum absolute atomic E-state index is 0. The Morgan fingerprint density at radius 3 is 2.79 bits per heavy atom. The van der Waals surface area contributed by atoms with E-state index < -0.39 is 17.4 Å². The molecule has 226 valence electrons. The Balaban J connectivity index is -0.00000000944. The Hall–Kier alpha value is -2.75. The molecule has 2 heterocycles. The van der Waals surface area contributed by atoms with Crippen LogP contribution in [0.1, 0.15) is 76.4 Å². The van der Waals surface area contributed by atoms with E-state index in [2.05, 4.69) is 14.7 Å². The van der Waals surface area contributed by atoms with Crippen molar-refractivity contribution >= 4 is 21.8 Å². The Kier molecular flexibility index (Phi) is 6.18. The molecule has 3 aromatic rings. The summed E-state index contributed by atoms with van der Waals surface area (Å²) >= 11 is 0. The molecule has 0 aliphatic heterocycles. The predicted molar refractivity (Wildman–Crippen MR) is 178 cm³/mol. The number of alkyl halides is 2. The summed E-state index contributed by atoms with van der Waals surface area (Å²) in [5, 5.41) is -0.0429. The van der Waals surface area contributed by atoms with Gasteiger partial charge < -0.3 is 19.2 Å². The van der Waals surface area contributed by atoms with Crippen LogP contribution in [0.3, 0.4) is 0 Å². The lowest BCUT2D eigenvalue weighted by Crippen LogP contribution is -2.10. The maximum Gasteiger partial charge on any atom is 0.387 e. The fraction of sp³-hybridized carbons (Fsp3) is 0.368. The van der Waals surface area contributed by atoms with Crippen LogP contribution in [-0.2, 0) is 16.6 Å². The van der Waals surface area contributed by atoms with Gasteiger partial charge in [0, 0.05) is 68.3 Å². The Bertz CT molecular complexity index is 1120. The lowest BCUT2D eigenvalue weighted by Gasteiger charge is -2.16. The molecular weight excluding hydrogens is 404 g/mol.